The molecule has 3 nitrogen and oxygen atoms in total. The third-order valence-electron chi connectivity index (χ3n) is 12.6. The summed E-state index contributed by atoms with van der Waals surface area (Å²) in [7, 11) is 0. The molecule has 0 aliphatic rings. The SMILES string of the molecule is c1ccc(-n2c3ccccc3c3c4c5cc(-c6ccc7c(c6)c6ccccc6n7-c6cccc7ccccc67)ccc5n(-c5cccc6ccccc56)c4ccc32)cc1. The predicted octanol–water partition coefficient (Wildman–Crippen LogP) is 15.0. The Morgan fingerprint density at radius 1 is 0.237 bits per heavy atom. The Morgan fingerprint density at radius 2 is 0.661 bits per heavy atom. The summed E-state index contributed by atoms with van der Waals surface area (Å²) in [6, 6.07) is 78.0. The van der Waals surface area contributed by atoms with Crippen LogP contribution in [0, 0.1) is 0 Å². The monoisotopic (exact) mass is 749 g/mol. The minimum absolute atomic E-state index is 1.16. The fourth-order valence-electron chi connectivity index (χ4n) is 10.1. The van der Waals surface area contributed by atoms with E-state index in [2.05, 4.69) is 226 Å². The van der Waals surface area contributed by atoms with E-state index in [0.717, 1.165) is 5.69 Å². The molecule has 274 valence electrons. The summed E-state index contributed by atoms with van der Waals surface area (Å²) in [5.41, 5.74) is 13.2. The highest BCUT2D eigenvalue weighted by Gasteiger charge is 2.22. The molecule has 0 spiro atoms. The van der Waals surface area contributed by atoms with Gasteiger partial charge in [-0.1, -0.05) is 140 Å². The van der Waals surface area contributed by atoms with Crippen molar-refractivity contribution in [3.63, 3.8) is 0 Å². The molecule has 3 heteroatoms. The second kappa shape index (κ2) is 12.3. The predicted molar refractivity (Wildman–Crippen MR) is 250 cm³/mol. The minimum Gasteiger partial charge on any atom is -0.309 e. The van der Waals surface area contributed by atoms with E-state index in [-0.39, 0.29) is 0 Å². The largest absolute Gasteiger partial charge is 0.309 e. The second-order valence-corrected chi connectivity index (χ2v) is 15.7. The molecule has 0 bridgehead atoms. The van der Waals surface area contributed by atoms with Crippen LogP contribution in [-0.2, 0) is 0 Å². The van der Waals surface area contributed by atoms with Crippen LogP contribution in [0.15, 0.2) is 212 Å². The quantitative estimate of drug-likeness (QED) is 0.170. The first-order valence-electron chi connectivity index (χ1n) is 20.4. The van der Waals surface area contributed by atoms with Crippen LogP contribution in [0.25, 0.3) is 115 Å². The van der Waals surface area contributed by atoms with Crippen molar-refractivity contribution in [1.29, 1.82) is 0 Å². The van der Waals surface area contributed by atoms with Crippen LogP contribution in [0.4, 0.5) is 0 Å². The molecule has 0 saturated carbocycles. The zero-order chi connectivity index (χ0) is 38.6. The topological polar surface area (TPSA) is 14.8 Å². The third kappa shape index (κ3) is 4.58. The van der Waals surface area contributed by atoms with Crippen molar-refractivity contribution < 1.29 is 0 Å². The second-order valence-electron chi connectivity index (χ2n) is 15.7. The number of nitrogens with zero attached hydrogens (tertiary/aromatic N) is 3. The third-order valence-corrected chi connectivity index (χ3v) is 12.6. The molecule has 0 saturated heterocycles. The van der Waals surface area contributed by atoms with Gasteiger partial charge in [-0.2, -0.15) is 0 Å². The van der Waals surface area contributed by atoms with Crippen LogP contribution in [-0.4, -0.2) is 13.7 Å². The highest BCUT2D eigenvalue weighted by atomic mass is 15.0. The van der Waals surface area contributed by atoms with Crippen LogP contribution < -0.4 is 0 Å². The van der Waals surface area contributed by atoms with Gasteiger partial charge in [-0.05, 0) is 94.7 Å². The fraction of sp³-hybridized carbons (Fsp3) is 0. The van der Waals surface area contributed by atoms with E-state index in [1.54, 1.807) is 0 Å². The summed E-state index contributed by atoms with van der Waals surface area (Å²) < 4.78 is 7.36. The Bertz CT molecular complexity index is 3830. The Labute approximate surface area is 339 Å². The average Bonchev–Trinajstić information content (AvgIpc) is 3.94. The van der Waals surface area contributed by atoms with Crippen molar-refractivity contribution in [3.8, 4) is 28.2 Å². The van der Waals surface area contributed by atoms with Gasteiger partial charge >= 0.3 is 0 Å². The lowest BCUT2D eigenvalue weighted by molar-refractivity contribution is 1.18. The number of hydrogen-bond acceptors (Lipinski definition) is 0. The summed E-state index contributed by atoms with van der Waals surface area (Å²) >= 11 is 0. The summed E-state index contributed by atoms with van der Waals surface area (Å²) in [6.07, 6.45) is 0. The highest BCUT2D eigenvalue weighted by molar-refractivity contribution is 6.29. The first kappa shape index (κ1) is 32.2. The van der Waals surface area contributed by atoms with Gasteiger partial charge in [0.15, 0.2) is 0 Å². The van der Waals surface area contributed by atoms with E-state index in [0.29, 0.717) is 0 Å². The maximum atomic E-state index is 2.49. The molecule has 59 heavy (non-hydrogen) atoms. The van der Waals surface area contributed by atoms with Gasteiger partial charge < -0.3 is 13.7 Å². The van der Waals surface area contributed by atoms with Crippen molar-refractivity contribution in [2.75, 3.05) is 0 Å². The first-order valence-corrected chi connectivity index (χ1v) is 20.4. The number of para-hydroxylation sites is 3. The maximum absolute atomic E-state index is 2.49. The summed E-state index contributed by atoms with van der Waals surface area (Å²) in [5, 5.41) is 12.5. The average molecular weight is 750 g/mol. The van der Waals surface area contributed by atoms with Gasteiger partial charge in [-0.25, -0.2) is 0 Å². The van der Waals surface area contributed by atoms with Gasteiger partial charge in [-0.15, -0.1) is 0 Å². The van der Waals surface area contributed by atoms with Gasteiger partial charge in [0.2, 0.25) is 0 Å². The Morgan fingerprint density at radius 3 is 1.32 bits per heavy atom. The molecule has 3 heterocycles. The van der Waals surface area contributed by atoms with Crippen molar-refractivity contribution in [2.45, 2.75) is 0 Å². The summed E-state index contributed by atoms with van der Waals surface area (Å²) in [5.74, 6) is 0. The molecule has 0 radical (unpaired) electrons. The van der Waals surface area contributed by atoms with Crippen LogP contribution in [0.2, 0.25) is 0 Å². The normalized spacial score (nSPS) is 12.1. The van der Waals surface area contributed by atoms with Crippen LogP contribution in [0.3, 0.4) is 0 Å². The minimum atomic E-state index is 1.16. The lowest BCUT2D eigenvalue weighted by Gasteiger charge is -2.12. The fourth-order valence-corrected chi connectivity index (χ4v) is 10.1. The number of rotatable bonds is 4. The van der Waals surface area contributed by atoms with Crippen molar-refractivity contribution >= 4 is 87.0 Å². The Balaban J connectivity index is 1.11. The Hall–Kier alpha value is -7.88. The molecular weight excluding hydrogens is 715 g/mol. The van der Waals surface area contributed by atoms with Gasteiger partial charge in [0.25, 0.3) is 0 Å². The molecule has 0 aliphatic carbocycles. The summed E-state index contributed by atoms with van der Waals surface area (Å²) in [4.78, 5) is 0. The van der Waals surface area contributed by atoms with E-state index in [4.69, 9.17) is 0 Å². The molecule has 0 unspecified atom stereocenters. The number of fused-ring (bicyclic) bond motifs is 12. The maximum Gasteiger partial charge on any atom is 0.0549 e. The van der Waals surface area contributed by atoms with Gasteiger partial charge in [0.1, 0.15) is 0 Å². The van der Waals surface area contributed by atoms with Crippen molar-refractivity contribution in [2.24, 2.45) is 0 Å². The first-order chi connectivity index (χ1) is 29.3. The highest BCUT2D eigenvalue weighted by Crippen LogP contribution is 2.45. The molecule has 13 rings (SSSR count). The van der Waals surface area contributed by atoms with Crippen molar-refractivity contribution in [1.82, 2.24) is 13.7 Å². The molecule has 10 aromatic carbocycles. The molecule has 0 fully saturated rings. The van der Waals surface area contributed by atoms with Crippen LogP contribution in [0.1, 0.15) is 0 Å². The van der Waals surface area contributed by atoms with Gasteiger partial charge in [0.05, 0.1) is 44.5 Å². The molecule has 0 amide bonds. The molecule has 0 aliphatic heterocycles. The number of aromatic nitrogens is 3. The van der Waals surface area contributed by atoms with E-state index >= 15 is 0 Å². The van der Waals surface area contributed by atoms with Crippen molar-refractivity contribution in [3.05, 3.63) is 212 Å². The van der Waals surface area contributed by atoms with E-state index in [9.17, 15) is 0 Å². The van der Waals surface area contributed by atoms with Gasteiger partial charge in [-0.3, -0.25) is 0 Å². The molecular formula is C56H35N3. The smallest absolute Gasteiger partial charge is 0.0549 e. The lowest BCUT2D eigenvalue weighted by atomic mass is 9.99. The standard InChI is InChI=1S/C56H35N3/c1-2-18-40(19-3-1)57-50-25-11-9-23-44(50)55-53(57)32-33-54-56(55)46-35-39(29-31-52(46)59(54)48-27-13-17-37-15-5-7-21-42(37)48)38-28-30-51-45(34-38)43-22-8-10-24-49(43)58(51)47-26-12-16-36-14-4-6-20-41(36)47/h1-35H. The lowest BCUT2D eigenvalue weighted by Crippen LogP contribution is -1.96. The molecule has 0 N–H and O–H groups in total. The zero-order valence-corrected chi connectivity index (χ0v) is 32.0. The van der Waals surface area contributed by atoms with E-state index in [1.165, 1.54) is 109 Å². The van der Waals surface area contributed by atoms with Crippen LogP contribution in [0.5, 0.6) is 0 Å². The van der Waals surface area contributed by atoms with Gasteiger partial charge in [0, 0.05) is 48.8 Å². The molecule has 3 aromatic heterocycles. The summed E-state index contributed by atoms with van der Waals surface area (Å²) in [6.45, 7) is 0. The molecule has 0 atom stereocenters. The van der Waals surface area contributed by atoms with Crippen LogP contribution >= 0.6 is 0 Å². The molecule has 13 aromatic rings. The zero-order valence-electron chi connectivity index (χ0n) is 32.0. The van der Waals surface area contributed by atoms with E-state index in [1.807, 2.05) is 0 Å². The Kier molecular flexibility index (Phi) is 6.72. The van der Waals surface area contributed by atoms with E-state index < -0.39 is 0 Å². The number of benzene rings is 10. The number of hydrogen-bond donors (Lipinski definition) is 0.